The number of thiol groups is 1. The van der Waals surface area contributed by atoms with Crippen LogP contribution in [-0.2, 0) is 0 Å². The van der Waals surface area contributed by atoms with Crippen LogP contribution in [0.5, 0.6) is 0 Å². The predicted molar refractivity (Wildman–Crippen MR) is 37.6 cm³/mol. The molecule has 46 valence electrons. The third-order valence-electron chi connectivity index (χ3n) is 0.659. The lowest BCUT2D eigenvalue weighted by molar-refractivity contribution is 0.662. The smallest absolute Gasteiger partial charge is 0.131 e. The van der Waals surface area contributed by atoms with Crippen LogP contribution in [0.3, 0.4) is 0 Å². The van der Waals surface area contributed by atoms with Crippen LogP contribution in [0.4, 0.5) is 4.39 Å². The lowest BCUT2D eigenvalue weighted by Crippen LogP contribution is -1.65. The first kappa shape index (κ1) is 7.76. The van der Waals surface area contributed by atoms with E-state index in [2.05, 4.69) is 12.6 Å². The maximum atomic E-state index is 12.2. The van der Waals surface area contributed by atoms with E-state index in [4.69, 9.17) is 0 Å². The molecule has 0 radical (unpaired) electrons. The topological polar surface area (TPSA) is 0 Å². The van der Waals surface area contributed by atoms with Crippen molar-refractivity contribution in [1.82, 2.24) is 0 Å². The van der Waals surface area contributed by atoms with E-state index < -0.39 is 0 Å². The van der Waals surface area contributed by atoms with Crippen molar-refractivity contribution in [3.8, 4) is 0 Å². The van der Waals surface area contributed by atoms with Crippen LogP contribution in [0.15, 0.2) is 22.9 Å². The molecule has 0 aliphatic heterocycles. The van der Waals surface area contributed by atoms with Gasteiger partial charge in [0.25, 0.3) is 0 Å². The molecule has 2 heteroatoms. The van der Waals surface area contributed by atoms with E-state index in [1.165, 1.54) is 6.08 Å². The standard InChI is InChI=1S/C6H9FS/c1-3-4-6(7)5(2)8/h3-4,8H,1-2H3/b4-3-,6-5-. The van der Waals surface area contributed by atoms with Gasteiger partial charge in [0, 0.05) is 4.91 Å². The van der Waals surface area contributed by atoms with Crippen LogP contribution in [0.2, 0.25) is 0 Å². The first-order valence-corrected chi connectivity index (χ1v) is 2.81. The molecule has 0 spiro atoms. The Morgan fingerprint density at radius 2 is 2.12 bits per heavy atom. The number of rotatable bonds is 1. The highest BCUT2D eigenvalue weighted by atomic mass is 32.1. The minimum Gasteiger partial charge on any atom is -0.206 e. The summed E-state index contributed by atoms with van der Waals surface area (Å²) in [4.78, 5) is 0.420. The highest BCUT2D eigenvalue weighted by Gasteiger charge is 1.87. The van der Waals surface area contributed by atoms with Crippen LogP contribution in [-0.4, -0.2) is 0 Å². The van der Waals surface area contributed by atoms with Gasteiger partial charge in [-0.1, -0.05) is 6.08 Å². The third-order valence-corrected chi connectivity index (χ3v) is 0.872. The van der Waals surface area contributed by atoms with E-state index in [0.29, 0.717) is 4.91 Å². The van der Waals surface area contributed by atoms with Gasteiger partial charge in [-0.3, -0.25) is 0 Å². The maximum Gasteiger partial charge on any atom is 0.131 e. The molecule has 0 unspecified atom stereocenters. The Morgan fingerprint density at radius 3 is 2.25 bits per heavy atom. The van der Waals surface area contributed by atoms with Crippen molar-refractivity contribution in [3.63, 3.8) is 0 Å². The lowest BCUT2D eigenvalue weighted by atomic mass is 10.4. The Kier molecular flexibility index (Phi) is 3.61. The van der Waals surface area contributed by atoms with Gasteiger partial charge in [-0.2, -0.15) is 0 Å². The second-order valence-corrected chi connectivity index (χ2v) is 2.10. The van der Waals surface area contributed by atoms with Crippen molar-refractivity contribution in [2.75, 3.05) is 0 Å². The van der Waals surface area contributed by atoms with Gasteiger partial charge in [-0.05, 0) is 19.9 Å². The van der Waals surface area contributed by atoms with E-state index in [0.717, 1.165) is 0 Å². The number of halogens is 1. The second kappa shape index (κ2) is 3.72. The second-order valence-electron chi connectivity index (χ2n) is 1.43. The summed E-state index contributed by atoms with van der Waals surface area (Å²) < 4.78 is 12.2. The number of hydrogen-bond donors (Lipinski definition) is 1. The van der Waals surface area contributed by atoms with Crippen molar-refractivity contribution in [2.24, 2.45) is 0 Å². The van der Waals surface area contributed by atoms with Gasteiger partial charge in [-0.15, -0.1) is 12.6 Å². The first-order chi connectivity index (χ1) is 3.68. The lowest BCUT2D eigenvalue weighted by Gasteiger charge is -1.86. The summed E-state index contributed by atoms with van der Waals surface area (Å²) in [5.41, 5.74) is 0. The van der Waals surface area contributed by atoms with Crippen molar-refractivity contribution in [1.29, 1.82) is 0 Å². The zero-order chi connectivity index (χ0) is 6.57. The van der Waals surface area contributed by atoms with Crippen LogP contribution < -0.4 is 0 Å². The van der Waals surface area contributed by atoms with Gasteiger partial charge < -0.3 is 0 Å². The largest absolute Gasteiger partial charge is 0.206 e. The van der Waals surface area contributed by atoms with Gasteiger partial charge in [0.1, 0.15) is 5.83 Å². The third kappa shape index (κ3) is 2.86. The highest BCUT2D eigenvalue weighted by molar-refractivity contribution is 7.84. The van der Waals surface area contributed by atoms with E-state index in [9.17, 15) is 4.39 Å². The minimum atomic E-state index is -0.268. The van der Waals surface area contributed by atoms with Gasteiger partial charge in [0.15, 0.2) is 0 Å². The zero-order valence-corrected chi connectivity index (χ0v) is 5.87. The van der Waals surface area contributed by atoms with E-state index in [1.807, 2.05) is 0 Å². The molecule has 0 aromatic carbocycles. The minimum absolute atomic E-state index is 0.268. The van der Waals surface area contributed by atoms with E-state index in [1.54, 1.807) is 19.9 Å². The summed E-state index contributed by atoms with van der Waals surface area (Å²) in [5, 5.41) is 0. The predicted octanol–water partition coefficient (Wildman–Crippen LogP) is 2.69. The van der Waals surface area contributed by atoms with Crippen LogP contribution in [0.1, 0.15) is 13.8 Å². The monoisotopic (exact) mass is 132 g/mol. The van der Waals surface area contributed by atoms with Crippen molar-refractivity contribution >= 4 is 12.6 Å². The van der Waals surface area contributed by atoms with Gasteiger partial charge in [0.05, 0.1) is 0 Å². The molecule has 0 N–H and O–H groups in total. The Bertz CT molecular complexity index is 120. The molecular formula is C6H9FS. The zero-order valence-electron chi connectivity index (χ0n) is 4.98. The normalized spacial score (nSPS) is 14.5. The number of allylic oxidation sites excluding steroid dienone is 4. The maximum absolute atomic E-state index is 12.2. The molecule has 0 saturated carbocycles. The average Bonchev–Trinajstić information content (AvgIpc) is 1.67. The summed E-state index contributed by atoms with van der Waals surface area (Å²) in [6.07, 6.45) is 3.01. The Hall–Kier alpha value is -0.240. The summed E-state index contributed by atoms with van der Waals surface area (Å²) in [6.45, 7) is 3.37. The first-order valence-electron chi connectivity index (χ1n) is 2.36. The van der Waals surface area contributed by atoms with Crippen molar-refractivity contribution < 1.29 is 4.39 Å². The molecule has 0 aromatic rings. The molecule has 0 atom stereocenters. The number of hydrogen-bond acceptors (Lipinski definition) is 1. The molecule has 0 bridgehead atoms. The molecular weight excluding hydrogens is 123 g/mol. The summed E-state index contributed by atoms with van der Waals surface area (Å²) in [7, 11) is 0. The van der Waals surface area contributed by atoms with Crippen LogP contribution >= 0.6 is 12.6 Å². The van der Waals surface area contributed by atoms with Gasteiger partial charge in [0.2, 0.25) is 0 Å². The summed E-state index contributed by atoms with van der Waals surface area (Å²) >= 11 is 3.78. The Morgan fingerprint density at radius 1 is 1.62 bits per heavy atom. The van der Waals surface area contributed by atoms with Crippen molar-refractivity contribution in [2.45, 2.75) is 13.8 Å². The molecule has 0 heterocycles. The van der Waals surface area contributed by atoms with Crippen molar-refractivity contribution in [3.05, 3.63) is 22.9 Å². The molecule has 0 rings (SSSR count). The molecule has 0 fully saturated rings. The molecule has 0 aromatic heterocycles. The van der Waals surface area contributed by atoms with E-state index in [-0.39, 0.29) is 5.83 Å². The molecule has 0 aliphatic carbocycles. The van der Waals surface area contributed by atoms with E-state index >= 15 is 0 Å². The molecule has 0 saturated heterocycles. The van der Waals surface area contributed by atoms with Gasteiger partial charge in [-0.25, -0.2) is 4.39 Å². The Labute approximate surface area is 54.5 Å². The van der Waals surface area contributed by atoms with Crippen LogP contribution in [0.25, 0.3) is 0 Å². The molecule has 8 heavy (non-hydrogen) atoms. The molecule has 0 aliphatic rings. The molecule has 0 amide bonds. The average molecular weight is 132 g/mol. The SMILES string of the molecule is C/C=C\C(F)=C(/C)S. The fourth-order valence-corrected chi connectivity index (χ4v) is 0.341. The molecule has 0 nitrogen and oxygen atoms in total. The Balaban J connectivity index is 4.00. The van der Waals surface area contributed by atoms with Gasteiger partial charge >= 0.3 is 0 Å². The summed E-state index contributed by atoms with van der Waals surface area (Å²) in [5.74, 6) is -0.268. The fourth-order valence-electron chi connectivity index (χ4n) is 0.267. The highest BCUT2D eigenvalue weighted by Crippen LogP contribution is 2.09. The summed E-state index contributed by atoms with van der Waals surface area (Å²) in [6, 6.07) is 0. The fraction of sp³-hybridized carbons (Fsp3) is 0.333. The quantitative estimate of drug-likeness (QED) is 0.411. The van der Waals surface area contributed by atoms with Crippen LogP contribution in [0, 0.1) is 0 Å².